The van der Waals surface area contributed by atoms with Crippen LogP contribution in [0.3, 0.4) is 0 Å². The zero-order chi connectivity index (χ0) is 28.3. The number of ketones is 1. The zero-order valence-electron chi connectivity index (χ0n) is 20.7. The number of halogens is 2. The van der Waals surface area contributed by atoms with Crippen molar-refractivity contribution in [3.63, 3.8) is 0 Å². The minimum absolute atomic E-state index is 0.0759. The number of para-hydroxylation sites is 1. The van der Waals surface area contributed by atoms with E-state index in [0.717, 1.165) is 0 Å². The second-order valence-electron chi connectivity index (χ2n) is 8.84. The number of hydrogen-bond donors (Lipinski definition) is 4. The summed E-state index contributed by atoms with van der Waals surface area (Å²) in [5.74, 6) is -3.01. The van der Waals surface area contributed by atoms with Gasteiger partial charge in [0, 0.05) is 11.3 Å². The minimum atomic E-state index is -0.975. The molecule has 39 heavy (non-hydrogen) atoms. The molecule has 4 aromatic rings. The first-order valence-corrected chi connectivity index (χ1v) is 12.2. The fraction of sp³-hybridized carbons (Fsp3) is 0.143. The highest BCUT2D eigenvalue weighted by Crippen LogP contribution is 2.28. The van der Waals surface area contributed by atoms with Crippen molar-refractivity contribution in [3.8, 4) is 11.4 Å². The summed E-state index contributed by atoms with van der Waals surface area (Å²) in [6.07, 6.45) is -0.0716. The van der Waals surface area contributed by atoms with Crippen molar-refractivity contribution in [3.05, 3.63) is 106 Å². The van der Waals surface area contributed by atoms with Gasteiger partial charge >= 0.3 is 5.97 Å². The van der Waals surface area contributed by atoms with Crippen LogP contribution in [0, 0.1) is 12.7 Å². The van der Waals surface area contributed by atoms with Gasteiger partial charge in [-0.3, -0.25) is 14.4 Å². The Morgan fingerprint density at radius 1 is 1.08 bits per heavy atom. The standard InChI is InChI=1S/C28H24ClFN4O5/c1-15-25(34(39)27(32-15)19-6-4-7-20(29)24(19)30)28(38)33-22-8-3-2-5-18(22)14-21(31)26(37)17-11-9-16(10-12-17)13-23(35)36/h2-12,21,39H,13-14,31H2,1H3,(H,33,38)(H,35,36)/t21-/m0/s1. The van der Waals surface area contributed by atoms with Gasteiger partial charge in [0.25, 0.3) is 5.91 Å². The molecule has 200 valence electrons. The van der Waals surface area contributed by atoms with Gasteiger partial charge in [-0.25, -0.2) is 9.37 Å². The fourth-order valence-corrected chi connectivity index (χ4v) is 4.31. The van der Waals surface area contributed by atoms with Gasteiger partial charge in [-0.1, -0.05) is 60.1 Å². The number of anilines is 1. The van der Waals surface area contributed by atoms with Gasteiger partial charge in [0.05, 0.1) is 28.7 Å². The van der Waals surface area contributed by atoms with Gasteiger partial charge in [-0.05, 0) is 42.7 Å². The van der Waals surface area contributed by atoms with Crippen LogP contribution in [0.15, 0.2) is 66.7 Å². The van der Waals surface area contributed by atoms with Crippen LogP contribution in [0.1, 0.15) is 37.7 Å². The number of aromatic nitrogens is 2. The van der Waals surface area contributed by atoms with E-state index in [-0.39, 0.29) is 46.4 Å². The van der Waals surface area contributed by atoms with Crippen LogP contribution in [0.5, 0.6) is 0 Å². The SMILES string of the molecule is Cc1nc(-c2cccc(Cl)c2F)n(O)c1C(=O)Nc1ccccc1C[C@H](N)C(=O)c1ccc(CC(=O)O)cc1. The number of carboxylic acid groups (broad SMARTS) is 1. The molecule has 0 radical (unpaired) electrons. The third kappa shape index (κ3) is 5.97. The minimum Gasteiger partial charge on any atom is -0.481 e. The Kier molecular flexibility index (Phi) is 8.08. The molecule has 0 fully saturated rings. The summed E-state index contributed by atoms with van der Waals surface area (Å²) in [6.45, 7) is 1.50. The summed E-state index contributed by atoms with van der Waals surface area (Å²) in [5, 5.41) is 22.2. The topological polar surface area (TPSA) is 148 Å². The van der Waals surface area contributed by atoms with Crippen LogP contribution in [0.25, 0.3) is 11.4 Å². The number of nitrogens with one attached hydrogen (secondary N) is 1. The van der Waals surface area contributed by atoms with E-state index in [1.807, 2.05) is 0 Å². The lowest BCUT2D eigenvalue weighted by atomic mass is 9.96. The number of rotatable bonds is 9. The van der Waals surface area contributed by atoms with Gasteiger partial charge in [0.1, 0.15) is 0 Å². The molecule has 0 unspecified atom stereocenters. The lowest BCUT2D eigenvalue weighted by Gasteiger charge is -2.15. The number of nitrogens with two attached hydrogens (primary N) is 1. The van der Waals surface area contributed by atoms with Crippen LogP contribution in [0.2, 0.25) is 5.02 Å². The Morgan fingerprint density at radius 2 is 1.77 bits per heavy atom. The van der Waals surface area contributed by atoms with Gasteiger partial charge in [-0.15, -0.1) is 0 Å². The summed E-state index contributed by atoms with van der Waals surface area (Å²) < 4.78 is 15.0. The Bertz CT molecular complexity index is 1570. The molecule has 0 aliphatic carbocycles. The Balaban J connectivity index is 1.53. The molecule has 0 saturated heterocycles. The van der Waals surface area contributed by atoms with E-state index in [9.17, 15) is 24.0 Å². The monoisotopic (exact) mass is 550 g/mol. The molecule has 4 rings (SSSR count). The van der Waals surface area contributed by atoms with E-state index in [2.05, 4.69) is 10.3 Å². The average molecular weight is 551 g/mol. The lowest BCUT2D eigenvalue weighted by Crippen LogP contribution is -2.33. The molecule has 0 aliphatic rings. The maximum Gasteiger partial charge on any atom is 0.307 e. The molecule has 3 aromatic carbocycles. The Hall–Kier alpha value is -4.54. The molecule has 11 heteroatoms. The van der Waals surface area contributed by atoms with E-state index in [4.69, 9.17) is 22.4 Å². The first-order chi connectivity index (χ1) is 18.6. The van der Waals surface area contributed by atoms with Crippen LogP contribution < -0.4 is 11.1 Å². The van der Waals surface area contributed by atoms with Crippen molar-refractivity contribution in [1.82, 2.24) is 9.71 Å². The highest BCUT2D eigenvalue weighted by Gasteiger charge is 2.25. The van der Waals surface area contributed by atoms with Gasteiger partial charge < -0.3 is 21.4 Å². The molecule has 1 heterocycles. The molecule has 0 bridgehead atoms. The number of carbonyl (C=O) groups excluding carboxylic acids is 2. The van der Waals surface area contributed by atoms with E-state index >= 15 is 0 Å². The molecular weight excluding hydrogens is 527 g/mol. The summed E-state index contributed by atoms with van der Waals surface area (Å²) >= 11 is 5.85. The van der Waals surface area contributed by atoms with Crippen LogP contribution in [-0.4, -0.2) is 43.7 Å². The van der Waals surface area contributed by atoms with Crippen molar-refractivity contribution < 1.29 is 29.1 Å². The number of hydrogen-bond acceptors (Lipinski definition) is 6. The Labute approximate surface area is 227 Å². The van der Waals surface area contributed by atoms with Crippen molar-refractivity contribution in [1.29, 1.82) is 0 Å². The number of imidazole rings is 1. The second-order valence-corrected chi connectivity index (χ2v) is 9.24. The fourth-order valence-electron chi connectivity index (χ4n) is 4.14. The molecule has 0 aliphatic heterocycles. The number of aliphatic carboxylic acids is 1. The van der Waals surface area contributed by atoms with Crippen LogP contribution in [-0.2, 0) is 17.6 Å². The highest BCUT2D eigenvalue weighted by molar-refractivity contribution is 6.31. The predicted octanol–water partition coefficient (Wildman–Crippen LogP) is 4.52. The number of aryl methyl sites for hydroxylation is 1. The molecule has 1 atom stereocenters. The zero-order valence-corrected chi connectivity index (χ0v) is 21.4. The number of carboxylic acids is 1. The summed E-state index contributed by atoms with van der Waals surface area (Å²) in [4.78, 5) is 41.1. The number of carbonyl (C=O) groups is 3. The lowest BCUT2D eigenvalue weighted by molar-refractivity contribution is -0.136. The van der Waals surface area contributed by atoms with Crippen molar-refractivity contribution in [2.45, 2.75) is 25.8 Å². The first-order valence-electron chi connectivity index (χ1n) is 11.8. The maximum atomic E-state index is 14.5. The molecule has 1 aromatic heterocycles. The van der Waals surface area contributed by atoms with Crippen molar-refractivity contribution in [2.75, 3.05) is 5.32 Å². The largest absolute Gasteiger partial charge is 0.481 e. The summed E-state index contributed by atoms with van der Waals surface area (Å²) in [5.41, 5.74) is 7.88. The van der Waals surface area contributed by atoms with Gasteiger partial charge in [-0.2, -0.15) is 4.73 Å². The second kappa shape index (κ2) is 11.5. The molecule has 9 nitrogen and oxygen atoms in total. The maximum absolute atomic E-state index is 14.5. The number of amides is 1. The quantitative estimate of drug-likeness (QED) is 0.177. The molecule has 5 N–H and O–H groups in total. The van der Waals surface area contributed by atoms with Crippen LogP contribution >= 0.6 is 11.6 Å². The van der Waals surface area contributed by atoms with Crippen molar-refractivity contribution >= 4 is 34.9 Å². The molecule has 1 amide bonds. The average Bonchev–Trinajstić information content (AvgIpc) is 3.19. The Morgan fingerprint density at radius 3 is 2.46 bits per heavy atom. The summed E-state index contributed by atoms with van der Waals surface area (Å²) in [6, 6.07) is 16.2. The van der Waals surface area contributed by atoms with E-state index in [1.54, 1.807) is 36.4 Å². The van der Waals surface area contributed by atoms with E-state index < -0.39 is 23.7 Å². The summed E-state index contributed by atoms with van der Waals surface area (Å²) in [7, 11) is 0. The van der Waals surface area contributed by atoms with Crippen molar-refractivity contribution in [2.24, 2.45) is 5.73 Å². The third-order valence-electron chi connectivity index (χ3n) is 6.07. The van der Waals surface area contributed by atoms with Gasteiger partial charge in [0.2, 0.25) is 0 Å². The molecule has 0 spiro atoms. The third-order valence-corrected chi connectivity index (χ3v) is 6.36. The first kappa shape index (κ1) is 27.5. The van der Waals surface area contributed by atoms with Crippen LogP contribution in [0.4, 0.5) is 10.1 Å². The van der Waals surface area contributed by atoms with E-state index in [1.165, 1.54) is 37.3 Å². The number of benzene rings is 3. The molecular formula is C28H24ClFN4O5. The highest BCUT2D eigenvalue weighted by atomic mass is 35.5. The molecule has 0 saturated carbocycles. The smallest absolute Gasteiger partial charge is 0.307 e. The normalized spacial score (nSPS) is 11.7. The van der Waals surface area contributed by atoms with E-state index in [0.29, 0.717) is 27.1 Å². The predicted molar refractivity (Wildman–Crippen MR) is 143 cm³/mol. The number of Topliss-reactive ketones (excluding diaryl/α,β-unsaturated/α-hetero) is 1. The van der Waals surface area contributed by atoms with Gasteiger partial charge in [0.15, 0.2) is 23.1 Å². The number of nitrogens with zero attached hydrogens (tertiary/aromatic N) is 2.